The predicted octanol–water partition coefficient (Wildman–Crippen LogP) is 0.464. The van der Waals surface area contributed by atoms with E-state index in [0.717, 1.165) is 0 Å². The van der Waals surface area contributed by atoms with Gasteiger partial charge in [-0.3, -0.25) is 5.84 Å². The number of hydrogen-bond donors (Lipinski definition) is 2. The highest BCUT2D eigenvalue weighted by Crippen LogP contribution is 2.24. The molecule has 1 aromatic rings. The Morgan fingerprint density at radius 3 is 2.07 bits per heavy atom. The summed E-state index contributed by atoms with van der Waals surface area (Å²) >= 11 is 0. The summed E-state index contributed by atoms with van der Waals surface area (Å²) in [7, 11) is -2.08. The first-order valence-corrected chi connectivity index (χ1v) is 5.78. The van der Waals surface area contributed by atoms with Gasteiger partial charge in [0.1, 0.15) is 5.75 Å². The van der Waals surface area contributed by atoms with Gasteiger partial charge in [-0.2, -0.15) is 4.83 Å². The second-order valence-corrected chi connectivity index (χ2v) is 4.86. The number of hydrogen-bond acceptors (Lipinski definition) is 4. The topological polar surface area (TPSA) is 81.4 Å². The molecule has 0 saturated carbocycles. The molecule has 0 bridgehead atoms. The molecule has 0 amide bonds. The maximum Gasteiger partial charge on any atom is 0.253 e. The van der Waals surface area contributed by atoms with Gasteiger partial charge >= 0.3 is 0 Å². The van der Waals surface area contributed by atoms with E-state index in [1.807, 2.05) is 4.83 Å². The molecule has 0 aromatic heterocycles. The van der Waals surface area contributed by atoms with Crippen molar-refractivity contribution in [2.75, 3.05) is 7.11 Å². The largest absolute Gasteiger partial charge is 0.497 e. The number of ether oxygens (including phenoxy) is 1. The van der Waals surface area contributed by atoms with Crippen LogP contribution in [0, 0.1) is 13.8 Å². The molecule has 5 nitrogen and oxygen atoms in total. The smallest absolute Gasteiger partial charge is 0.253 e. The fourth-order valence-electron chi connectivity index (χ4n) is 1.51. The number of benzene rings is 1. The Balaban J connectivity index is 3.45. The molecule has 0 aliphatic carbocycles. The lowest BCUT2D eigenvalue weighted by Crippen LogP contribution is -2.31. The summed E-state index contributed by atoms with van der Waals surface area (Å²) in [5.41, 5.74) is 1.20. The Morgan fingerprint density at radius 2 is 1.73 bits per heavy atom. The number of nitrogens with one attached hydrogen (secondary N) is 1. The third kappa shape index (κ3) is 2.28. The molecule has 0 unspecified atom stereocenters. The highest BCUT2D eigenvalue weighted by atomic mass is 32.2. The quantitative estimate of drug-likeness (QED) is 0.584. The van der Waals surface area contributed by atoms with Crippen molar-refractivity contribution in [1.82, 2.24) is 4.83 Å². The molecule has 0 aliphatic heterocycles. The lowest BCUT2D eigenvalue weighted by atomic mass is 10.1. The summed E-state index contributed by atoms with van der Waals surface area (Å²) in [5.74, 6) is 5.60. The third-order valence-corrected chi connectivity index (χ3v) is 3.59. The van der Waals surface area contributed by atoms with Crippen molar-refractivity contribution < 1.29 is 13.2 Å². The van der Waals surface area contributed by atoms with E-state index in [2.05, 4.69) is 0 Å². The molecular weight excluding hydrogens is 216 g/mol. The van der Waals surface area contributed by atoms with Gasteiger partial charge in [-0.05, 0) is 37.1 Å². The molecule has 3 N–H and O–H groups in total. The van der Waals surface area contributed by atoms with Gasteiger partial charge < -0.3 is 4.74 Å². The molecular formula is C9H14N2O3S. The number of nitrogens with two attached hydrogens (primary N) is 1. The Morgan fingerprint density at radius 1 is 1.27 bits per heavy atom. The van der Waals surface area contributed by atoms with Gasteiger partial charge in [0.2, 0.25) is 0 Å². The minimum atomic E-state index is -3.61. The van der Waals surface area contributed by atoms with Gasteiger partial charge in [-0.25, -0.2) is 8.42 Å². The Hall–Kier alpha value is -1.11. The molecule has 0 spiro atoms. The van der Waals surface area contributed by atoms with Crippen molar-refractivity contribution in [3.05, 3.63) is 23.3 Å². The normalized spacial score (nSPS) is 11.5. The second kappa shape index (κ2) is 4.18. The van der Waals surface area contributed by atoms with Gasteiger partial charge in [-0.15, -0.1) is 0 Å². The zero-order valence-electron chi connectivity index (χ0n) is 8.87. The van der Waals surface area contributed by atoms with Crippen LogP contribution in [-0.2, 0) is 10.0 Å². The van der Waals surface area contributed by atoms with Gasteiger partial charge in [0.05, 0.1) is 12.0 Å². The van der Waals surface area contributed by atoms with Gasteiger partial charge in [0, 0.05) is 0 Å². The summed E-state index contributed by atoms with van der Waals surface area (Å²) < 4.78 is 28.2. The molecule has 0 radical (unpaired) electrons. The molecule has 0 heterocycles. The summed E-state index contributed by atoms with van der Waals surface area (Å²) in [6, 6.07) is 3.30. The average molecular weight is 230 g/mol. The predicted molar refractivity (Wildman–Crippen MR) is 57.0 cm³/mol. The third-order valence-electron chi connectivity index (χ3n) is 2.09. The molecule has 15 heavy (non-hydrogen) atoms. The van der Waals surface area contributed by atoms with E-state index in [0.29, 0.717) is 16.9 Å². The molecule has 0 saturated heterocycles. The van der Waals surface area contributed by atoms with Crippen molar-refractivity contribution in [2.45, 2.75) is 18.7 Å². The van der Waals surface area contributed by atoms with Gasteiger partial charge in [0.15, 0.2) is 0 Å². The van der Waals surface area contributed by atoms with E-state index in [1.165, 1.54) is 7.11 Å². The van der Waals surface area contributed by atoms with Crippen LogP contribution >= 0.6 is 0 Å². The number of sulfonamides is 1. The highest BCUT2D eigenvalue weighted by molar-refractivity contribution is 7.89. The van der Waals surface area contributed by atoms with Crippen LogP contribution in [0.3, 0.4) is 0 Å². The SMILES string of the molecule is COc1cc(C)c(S(=O)(=O)NN)c(C)c1. The maximum absolute atomic E-state index is 11.6. The van der Waals surface area contributed by atoms with Gasteiger partial charge in [0.25, 0.3) is 10.0 Å². The van der Waals surface area contributed by atoms with Crippen LogP contribution in [0.2, 0.25) is 0 Å². The van der Waals surface area contributed by atoms with E-state index >= 15 is 0 Å². The van der Waals surface area contributed by atoms with E-state index in [-0.39, 0.29) is 4.90 Å². The first-order chi connectivity index (χ1) is 6.92. The van der Waals surface area contributed by atoms with E-state index < -0.39 is 10.0 Å². The fourth-order valence-corrected chi connectivity index (χ4v) is 2.59. The summed E-state index contributed by atoms with van der Waals surface area (Å²) in [4.78, 5) is 2.01. The van der Waals surface area contributed by atoms with Crippen molar-refractivity contribution >= 4 is 10.0 Å². The number of aryl methyl sites for hydroxylation is 2. The van der Waals surface area contributed by atoms with E-state index in [4.69, 9.17) is 10.6 Å². The average Bonchev–Trinajstić information content (AvgIpc) is 2.16. The Labute approximate surface area is 89.3 Å². The van der Waals surface area contributed by atoms with E-state index in [1.54, 1.807) is 26.0 Å². The monoisotopic (exact) mass is 230 g/mol. The van der Waals surface area contributed by atoms with Crippen LogP contribution in [0.4, 0.5) is 0 Å². The van der Waals surface area contributed by atoms with Crippen molar-refractivity contribution in [3.63, 3.8) is 0 Å². The first kappa shape index (κ1) is 12.0. The zero-order valence-corrected chi connectivity index (χ0v) is 9.68. The zero-order chi connectivity index (χ0) is 11.6. The van der Waals surface area contributed by atoms with Crippen LogP contribution in [0.5, 0.6) is 5.75 Å². The molecule has 1 aromatic carbocycles. The van der Waals surface area contributed by atoms with Crippen molar-refractivity contribution in [3.8, 4) is 5.75 Å². The van der Waals surface area contributed by atoms with Gasteiger partial charge in [-0.1, -0.05) is 0 Å². The summed E-state index contributed by atoms with van der Waals surface area (Å²) in [6.07, 6.45) is 0. The highest BCUT2D eigenvalue weighted by Gasteiger charge is 2.18. The number of methoxy groups -OCH3 is 1. The Kier molecular flexibility index (Phi) is 3.33. The lowest BCUT2D eigenvalue weighted by molar-refractivity contribution is 0.413. The van der Waals surface area contributed by atoms with Crippen LogP contribution < -0.4 is 15.4 Å². The number of rotatable bonds is 3. The molecule has 6 heteroatoms. The minimum Gasteiger partial charge on any atom is -0.497 e. The molecule has 1 rings (SSSR count). The molecule has 0 fully saturated rings. The lowest BCUT2D eigenvalue weighted by Gasteiger charge is -2.11. The van der Waals surface area contributed by atoms with Crippen LogP contribution in [0.1, 0.15) is 11.1 Å². The van der Waals surface area contributed by atoms with Crippen molar-refractivity contribution in [1.29, 1.82) is 0 Å². The second-order valence-electron chi connectivity index (χ2n) is 3.21. The Bertz CT molecular complexity index is 445. The van der Waals surface area contributed by atoms with Crippen LogP contribution in [-0.4, -0.2) is 15.5 Å². The standard InChI is InChI=1S/C9H14N2O3S/c1-6-4-8(14-3)5-7(2)9(6)15(12,13)11-10/h4-5,11H,10H2,1-3H3. The first-order valence-electron chi connectivity index (χ1n) is 4.30. The molecule has 84 valence electrons. The molecule has 0 aliphatic rings. The van der Waals surface area contributed by atoms with Crippen molar-refractivity contribution in [2.24, 2.45) is 5.84 Å². The minimum absolute atomic E-state index is 0.200. The number of hydrazine groups is 1. The summed E-state index contributed by atoms with van der Waals surface area (Å²) in [6.45, 7) is 3.39. The fraction of sp³-hybridized carbons (Fsp3) is 0.333. The maximum atomic E-state index is 11.6. The molecule has 0 atom stereocenters. The van der Waals surface area contributed by atoms with Crippen LogP contribution in [0.25, 0.3) is 0 Å². The van der Waals surface area contributed by atoms with Crippen LogP contribution in [0.15, 0.2) is 17.0 Å². The van der Waals surface area contributed by atoms with E-state index in [9.17, 15) is 8.42 Å². The summed E-state index contributed by atoms with van der Waals surface area (Å²) in [5, 5.41) is 0.